The van der Waals surface area contributed by atoms with Crippen LogP contribution in [0.1, 0.15) is 0 Å². The van der Waals surface area contributed by atoms with Crippen LogP contribution >= 0.6 is 0 Å². The van der Waals surface area contributed by atoms with Crippen molar-refractivity contribution >= 4 is 22.9 Å². The lowest BCUT2D eigenvalue weighted by molar-refractivity contribution is -0.115. The molecule has 0 spiro atoms. The molecule has 1 aromatic rings. The SMILES string of the molecule is COS(=O)NCC(=O)Nc1ccc(O)cc1. The van der Waals surface area contributed by atoms with Crippen LogP contribution in [0.15, 0.2) is 24.3 Å². The van der Waals surface area contributed by atoms with E-state index in [2.05, 4.69) is 14.2 Å². The third kappa shape index (κ3) is 4.39. The molecule has 88 valence electrons. The number of rotatable bonds is 5. The summed E-state index contributed by atoms with van der Waals surface area (Å²) in [5.41, 5.74) is 0.549. The molecular formula is C9H12N2O4S. The summed E-state index contributed by atoms with van der Waals surface area (Å²) in [7, 11) is 1.26. The molecule has 1 unspecified atom stereocenters. The van der Waals surface area contributed by atoms with Crippen LogP contribution in [0.2, 0.25) is 0 Å². The van der Waals surface area contributed by atoms with Crippen molar-refractivity contribution in [2.45, 2.75) is 0 Å². The fourth-order valence-corrected chi connectivity index (χ4v) is 1.30. The van der Waals surface area contributed by atoms with Gasteiger partial charge in [0.2, 0.25) is 17.2 Å². The standard InChI is InChI=1S/C9H12N2O4S/c1-15-16(14)10-6-9(13)11-7-2-4-8(12)5-3-7/h2-5,10,12H,6H2,1H3,(H,11,13). The van der Waals surface area contributed by atoms with E-state index in [1.165, 1.54) is 19.2 Å². The van der Waals surface area contributed by atoms with Crippen molar-refractivity contribution in [1.82, 2.24) is 4.72 Å². The average molecular weight is 244 g/mol. The van der Waals surface area contributed by atoms with Crippen LogP contribution in [0.4, 0.5) is 5.69 Å². The van der Waals surface area contributed by atoms with Crippen LogP contribution in [0, 0.1) is 0 Å². The molecule has 16 heavy (non-hydrogen) atoms. The molecule has 6 nitrogen and oxygen atoms in total. The van der Waals surface area contributed by atoms with Crippen molar-refractivity contribution in [3.05, 3.63) is 24.3 Å². The van der Waals surface area contributed by atoms with Gasteiger partial charge in [-0.25, -0.2) is 8.93 Å². The van der Waals surface area contributed by atoms with Gasteiger partial charge in [-0.1, -0.05) is 0 Å². The van der Waals surface area contributed by atoms with Gasteiger partial charge in [-0.3, -0.25) is 8.98 Å². The van der Waals surface area contributed by atoms with Gasteiger partial charge in [-0.15, -0.1) is 0 Å². The largest absolute Gasteiger partial charge is 0.508 e. The number of hydrogen-bond acceptors (Lipinski definition) is 4. The van der Waals surface area contributed by atoms with Crippen LogP contribution in [0.5, 0.6) is 5.75 Å². The van der Waals surface area contributed by atoms with Crippen molar-refractivity contribution in [2.24, 2.45) is 0 Å². The summed E-state index contributed by atoms with van der Waals surface area (Å²) < 4.78 is 17.5. The molecule has 0 bridgehead atoms. The molecule has 3 N–H and O–H groups in total. The van der Waals surface area contributed by atoms with E-state index >= 15 is 0 Å². The van der Waals surface area contributed by atoms with Gasteiger partial charge in [-0.05, 0) is 24.3 Å². The number of phenolic OH excluding ortho intramolecular Hbond substituents is 1. The van der Waals surface area contributed by atoms with Crippen LogP contribution < -0.4 is 10.0 Å². The zero-order chi connectivity index (χ0) is 12.0. The summed E-state index contributed by atoms with van der Waals surface area (Å²) in [5.74, 6) is -0.229. The number of carbonyl (C=O) groups excluding carboxylic acids is 1. The normalized spacial score (nSPS) is 12.1. The Kier molecular flexibility index (Phi) is 4.90. The molecule has 0 fully saturated rings. The molecule has 0 radical (unpaired) electrons. The highest BCUT2D eigenvalue weighted by Crippen LogP contribution is 2.13. The molecule has 0 aliphatic carbocycles. The molecule has 1 rings (SSSR count). The maximum absolute atomic E-state index is 11.3. The number of hydrogen-bond donors (Lipinski definition) is 3. The Hall–Kier alpha value is -1.44. The minimum atomic E-state index is -1.66. The van der Waals surface area contributed by atoms with Crippen molar-refractivity contribution in [1.29, 1.82) is 0 Å². The number of nitrogens with one attached hydrogen (secondary N) is 2. The highest BCUT2D eigenvalue weighted by atomic mass is 32.2. The van der Waals surface area contributed by atoms with E-state index in [0.29, 0.717) is 5.69 Å². The minimum Gasteiger partial charge on any atom is -0.508 e. The molecule has 0 aliphatic rings. The lowest BCUT2D eigenvalue weighted by atomic mass is 10.3. The summed E-state index contributed by atoms with van der Waals surface area (Å²) >= 11 is -1.66. The Balaban J connectivity index is 2.40. The fourth-order valence-electron chi connectivity index (χ4n) is 0.933. The van der Waals surface area contributed by atoms with E-state index in [0.717, 1.165) is 0 Å². The van der Waals surface area contributed by atoms with Crippen LogP contribution in [-0.4, -0.2) is 28.9 Å². The van der Waals surface area contributed by atoms with E-state index in [1.807, 2.05) is 0 Å². The Bertz CT molecular complexity index is 380. The molecule has 0 heterocycles. The number of amides is 1. The average Bonchev–Trinajstić information content (AvgIpc) is 2.29. The number of phenols is 1. The van der Waals surface area contributed by atoms with Gasteiger partial charge in [0.1, 0.15) is 5.75 Å². The van der Waals surface area contributed by atoms with E-state index < -0.39 is 11.3 Å². The number of benzene rings is 1. The predicted octanol–water partition coefficient (Wildman–Crippen LogP) is 0.145. The summed E-state index contributed by atoms with van der Waals surface area (Å²) in [6, 6.07) is 6.02. The van der Waals surface area contributed by atoms with E-state index in [9.17, 15) is 9.00 Å². The Morgan fingerprint density at radius 1 is 1.44 bits per heavy atom. The Morgan fingerprint density at radius 2 is 2.06 bits per heavy atom. The van der Waals surface area contributed by atoms with Gasteiger partial charge in [0.15, 0.2) is 0 Å². The van der Waals surface area contributed by atoms with Crippen molar-refractivity contribution < 1.29 is 18.3 Å². The molecule has 0 aromatic heterocycles. The molecule has 0 saturated heterocycles. The predicted molar refractivity (Wildman–Crippen MR) is 59.9 cm³/mol. The quantitative estimate of drug-likeness (QED) is 0.643. The summed E-state index contributed by atoms with van der Waals surface area (Å²) in [6.07, 6.45) is 0. The molecule has 1 aromatic carbocycles. The van der Waals surface area contributed by atoms with Crippen molar-refractivity contribution in [2.75, 3.05) is 19.0 Å². The highest BCUT2D eigenvalue weighted by Gasteiger charge is 2.04. The second-order valence-electron chi connectivity index (χ2n) is 2.82. The van der Waals surface area contributed by atoms with E-state index in [4.69, 9.17) is 5.11 Å². The third-order valence-corrected chi connectivity index (χ3v) is 2.34. The zero-order valence-electron chi connectivity index (χ0n) is 8.60. The van der Waals surface area contributed by atoms with E-state index in [1.54, 1.807) is 12.1 Å². The number of carbonyl (C=O) groups is 1. The third-order valence-electron chi connectivity index (χ3n) is 1.65. The Labute approximate surface area is 95.4 Å². The van der Waals surface area contributed by atoms with Gasteiger partial charge in [0, 0.05) is 5.69 Å². The van der Waals surface area contributed by atoms with Gasteiger partial charge in [-0.2, -0.15) is 0 Å². The van der Waals surface area contributed by atoms with Gasteiger partial charge in [0.05, 0.1) is 13.7 Å². The molecule has 0 saturated carbocycles. The lowest BCUT2D eigenvalue weighted by Gasteiger charge is -2.05. The first-order chi connectivity index (χ1) is 7.61. The lowest BCUT2D eigenvalue weighted by Crippen LogP contribution is -2.29. The maximum atomic E-state index is 11.3. The van der Waals surface area contributed by atoms with Crippen molar-refractivity contribution in [3.8, 4) is 5.75 Å². The zero-order valence-corrected chi connectivity index (χ0v) is 9.41. The van der Waals surface area contributed by atoms with Gasteiger partial charge >= 0.3 is 0 Å². The molecule has 1 atom stereocenters. The topological polar surface area (TPSA) is 87.7 Å². The number of anilines is 1. The molecule has 1 amide bonds. The Morgan fingerprint density at radius 3 is 2.62 bits per heavy atom. The van der Waals surface area contributed by atoms with Crippen molar-refractivity contribution in [3.63, 3.8) is 0 Å². The van der Waals surface area contributed by atoms with Gasteiger partial charge in [0.25, 0.3) is 0 Å². The first-order valence-corrected chi connectivity index (χ1v) is 5.48. The fraction of sp³-hybridized carbons (Fsp3) is 0.222. The second kappa shape index (κ2) is 6.21. The summed E-state index contributed by atoms with van der Waals surface area (Å²) in [5, 5.41) is 11.6. The van der Waals surface area contributed by atoms with Crippen LogP contribution in [0.25, 0.3) is 0 Å². The highest BCUT2D eigenvalue weighted by molar-refractivity contribution is 7.78. The molecule has 7 heteroatoms. The molecule has 0 aliphatic heterocycles. The van der Waals surface area contributed by atoms with Gasteiger partial charge < -0.3 is 10.4 Å². The monoisotopic (exact) mass is 244 g/mol. The summed E-state index contributed by atoms with van der Waals surface area (Å²) in [4.78, 5) is 11.3. The van der Waals surface area contributed by atoms with E-state index in [-0.39, 0.29) is 18.2 Å². The van der Waals surface area contributed by atoms with Crippen LogP contribution in [-0.2, 0) is 20.2 Å². The maximum Gasteiger partial charge on any atom is 0.239 e. The second-order valence-corrected chi connectivity index (χ2v) is 3.91. The summed E-state index contributed by atoms with van der Waals surface area (Å²) in [6.45, 7) is -0.124. The first kappa shape index (κ1) is 12.6. The minimum absolute atomic E-state index is 0.122. The number of aromatic hydroxyl groups is 1. The first-order valence-electron chi connectivity index (χ1n) is 4.40. The smallest absolute Gasteiger partial charge is 0.239 e. The van der Waals surface area contributed by atoms with Crippen LogP contribution in [0.3, 0.4) is 0 Å². The molecular weight excluding hydrogens is 232 g/mol.